The molecule has 1 N–H and O–H groups in total. The first kappa shape index (κ1) is 22.3. The molecule has 8 heteroatoms. The van der Waals surface area contributed by atoms with Gasteiger partial charge in [0.05, 0.1) is 24.1 Å². The van der Waals surface area contributed by atoms with Gasteiger partial charge >= 0.3 is 0 Å². The van der Waals surface area contributed by atoms with Crippen LogP contribution in [0.25, 0.3) is 16.9 Å². The Hall–Kier alpha value is -3.49. The standard InChI is InChI=1S/C26H27N5O2S/c1-33-22-12-10-19(11-13-22)24-23(17-31(29-24)21-8-4-2-5-9-21)25(32)28-26-27-20(18-34-26)16-30-14-6-3-7-15-30/h2,4-5,8-13,17-18H,3,6-7,14-16H2,1H3,(H,27,28,32). The highest BCUT2D eigenvalue weighted by Gasteiger charge is 2.20. The molecule has 1 aliphatic rings. The van der Waals surface area contributed by atoms with Gasteiger partial charge in [-0.05, 0) is 62.3 Å². The van der Waals surface area contributed by atoms with Gasteiger partial charge in [0.1, 0.15) is 11.4 Å². The van der Waals surface area contributed by atoms with Crippen LogP contribution in [0.15, 0.2) is 66.2 Å². The number of nitrogens with zero attached hydrogens (tertiary/aromatic N) is 4. The van der Waals surface area contributed by atoms with Gasteiger partial charge in [0.25, 0.3) is 5.91 Å². The molecule has 0 aliphatic carbocycles. The highest BCUT2D eigenvalue weighted by molar-refractivity contribution is 7.14. The van der Waals surface area contributed by atoms with Crippen LogP contribution >= 0.6 is 11.3 Å². The smallest absolute Gasteiger partial charge is 0.261 e. The van der Waals surface area contributed by atoms with Crippen LogP contribution in [0.1, 0.15) is 35.3 Å². The van der Waals surface area contributed by atoms with E-state index in [0.717, 1.165) is 42.3 Å². The predicted octanol–water partition coefficient (Wildman–Crippen LogP) is 5.24. The molecule has 0 unspecified atom stereocenters. The molecule has 4 aromatic rings. The first-order valence-electron chi connectivity index (χ1n) is 11.5. The van der Waals surface area contributed by atoms with E-state index in [1.54, 1.807) is 18.0 Å². The van der Waals surface area contributed by atoms with Gasteiger partial charge in [-0.3, -0.25) is 15.0 Å². The van der Waals surface area contributed by atoms with Crippen LogP contribution in [0.2, 0.25) is 0 Å². The van der Waals surface area contributed by atoms with Crippen molar-refractivity contribution in [3.63, 3.8) is 0 Å². The number of amides is 1. The highest BCUT2D eigenvalue weighted by atomic mass is 32.1. The molecule has 5 rings (SSSR count). The van der Waals surface area contributed by atoms with Crippen molar-refractivity contribution in [1.82, 2.24) is 19.7 Å². The Morgan fingerprint density at radius 3 is 2.56 bits per heavy atom. The molecule has 0 atom stereocenters. The number of piperidine rings is 1. The zero-order valence-corrected chi connectivity index (χ0v) is 19.9. The van der Waals surface area contributed by atoms with Crippen LogP contribution in [0.5, 0.6) is 5.75 Å². The van der Waals surface area contributed by atoms with Gasteiger partial charge in [-0.25, -0.2) is 9.67 Å². The van der Waals surface area contributed by atoms with E-state index >= 15 is 0 Å². The van der Waals surface area contributed by atoms with E-state index in [1.165, 1.54) is 30.6 Å². The number of hydrogen-bond acceptors (Lipinski definition) is 6. The van der Waals surface area contributed by atoms with Crippen molar-refractivity contribution < 1.29 is 9.53 Å². The summed E-state index contributed by atoms with van der Waals surface area (Å²) >= 11 is 1.46. The molecule has 2 aromatic carbocycles. The second kappa shape index (κ2) is 10.2. The fourth-order valence-electron chi connectivity index (χ4n) is 4.16. The number of carbonyl (C=O) groups excluding carboxylic acids is 1. The van der Waals surface area contributed by atoms with Gasteiger partial charge in [-0.15, -0.1) is 11.3 Å². The minimum absolute atomic E-state index is 0.230. The molecule has 0 bridgehead atoms. The number of ether oxygens (including phenoxy) is 1. The first-order chi connectivity index (χ1) is 16.7. The molecule has 7 nitrogen and oxygen atoms in total. The molecule has 1 amide bonds. The Balaban J connectivity index is 1.40. The zero-order chi connectivity index (χ0) is 23.3. The lowest BCUT2D eigenvalue weighted by Crippen LogP contribution is -2.29. The van der Waals surface area contributed by atoms with Gasteiger partial charge in [-0.2, -0.15) is 5.10 Å². The van der Waals surface area contributed by atoms with Gasteiger partial charge < -0.3 is 4.74 Å². The number of carbonyl (C=O) groups is 1. The molecule has 1 fully saturated rings. The summed E-state index contributed by atoms with van der Waals surface area (Å²) in [6.07, 6.45) is 5.56. The van der Waals surface area contributed by atoms with E-state index in [2.05, 4.69) is 15.2 Å². The van der Waals surface area contributed by atoms with E-state index in [-0.39, 0.29) is 5.91 Å². The first-order valence-corrected chi connectivity index (χ1v) is 12.4. The number of methoxy groups -OCH3 is 1. The average Bonchev–Trinajstić information content (AvgIpc) is 3.53. The topological polar surface area (TPSA) is 72.3 Å². The third-order valence-corrected chi connectivity index (χ3v) is 6.76. The van der Waals surface area contributed by atoms with Crippen molar-refractivity contribution in [3.05, 3.63) is 77.4 Å². The quantitative estimate of drug-likeness (QED) is 0.397. The summed E-state index contributed by atoms with van der Waals surface area (Å²) in [7, 11) is 1.63. The number of nitrogens with one attached hydrogen (secondary N) is 1. The highest BCUT2D eigenvalue weighted by Crippen LogP contribution is 2.27. The zero-order valence-electron chi connectivity index (χ0n) is 19.1. The molecule has 34 heavy (non-hydrogen) atoms. The van der Waals surface area contributed by atoms with Crippen molar-refractivity contribution in [2.75, 3.05) is 25.5 Å². The van der Waals surface area contributed by atoms with E-state index in [0.29, 0.717) is 16.4 Å². The lowest BCUT2D eigenvalue weighted by atomic mass is 10.1. The van der Waals surface area contributed by atoms with Crippen LogP contribution in [-0.4, -0.2) is 45.8 Å². The molecule has 2 aromatic heterocycles. The number of hydrogen-bond donors (Lipinski definition) is 1. The molecular weight excluding hydrogens is 446 g/mol. The summed E-state index contributed by atoms with van der Waals surface area (Å²) in [5.41, 5.74) is 3.81. The van der Waals surface area contributed by atoms with Crippen molar-refractivity contribution >= 4 is 22.4 Å². The normalized spacial score (nSPS) is 14.1. The maximum Gasteiger partial charge on any atom is 0.261 e. The molecule has 0 radical (unpaired) electrons. The van der Waals surface area contributed by atoms with E-state index in [4.69, 9.17) is 9.84 Å². The summed E-state index contributed by atoms with van der Waals surface area (Å²) in [6, 6.07) is 17.3. The van der Waals surface area contributed by atoms with Crippen LogP contribution in [-0.2, 0) is 6.54 Å². The molecule has 1 saturated heterocycles. The van der Waals surface area contributed by atoms with Crippen molar-refractivity contribution in [2.24, 2.45) is 0 Å². The Kier molecular flexibility index (Phi) is 6.69. The molecule has 1 aliphatic heterocycles. The number of para-hydroxylation sites is 1. The number of likely N-dealkylation sites (tertiary alicyclic amines) is 1. The predicted molar refractivity (Wildman–Crippen MR) is 135 cm³/mol. The van der Waals surface area contributed by atoms with E-state index in [9.17, 15) is 4.79 Å². The fourth-order valence-corrected chi connectivity index (χ4v) is 4.86. The summed E-state index contributed by atoms with van der Waals surface area (Å²) in [5.74, 6) is 0.521. The van der Waals surface area contributed by atoms with Crippen LogP contribution < -0.4 is 10.1 Å². The Morgan fingerprint density at radius 1 is 1.06 bits per heavy atom. The van der Waals surface area contributed by atoms with E-state index < -0.39 is 0 Å². The molecule has 174 valence electrons. The Bertz CT molecular complexity index is 1240. The third-order valence-electron chi connectivity index (χ3n) is 5.95. The number of anilines is 1. The van der Waals surface area contributed by atoms with Crippen LogP contribution in [0.3, 0.4) is 0 Å². The average molecular weight is 474 g/mol. The van der Waals surface area contributed by atoms with Gasteiger partial charge in [0.2, 0.25) is 0 Å². The monoisotopic (exact) mass is 473 g/mol. The number of benzene rings is 2. The van der Waals surface area contributed by atoms with Crippen molar-refractivity contribution in [3.8, 4) is 22.7 Å². The minimum Gasteiger partial charge on any atom is -0.497 e. The van der Waals surface area contributed by atoms with Crippen molar-refractivity contribution in [2.45, 2.75) is 25.8 Å². The van der Waals surface area contributed by atoms with Gasteiger partial charge in [-0.1, -0.05) is 24.6 Å². The second-order valence-corrected chi connectivity index (χ2v) is 9.19. The molecular formula is C26H27N5O2S. The summed E-state index contributed by atoms with van der Waals surface area (Å²) < 4.78 is 7.01. The van der Waals surface area contributed by atoms with Crippen LogP contribution in [0, 0.1) is 0 Å². The van der Waals surface area contributed by atoms with Crippen LogP contribution in [0.4, 0.5) is 5.13 Å². The maximum atomic E-state index is 13.3. The SMILES string of the molecule is COc1ccc(-c2nn(-c3ccccc3)cc2C(=O)Nc2nc(CN3CCCCC3)cs2)cc1. The summed E-state index contributed by atoms with van der Waals surface area (Å²) in [6.45, 7) is 3.06. The van der Waals surface area contributed by atoms with Crippen molar-refractivity contribution in [1.29, 1.82) is 0 Å². The minimum atomic E-state index is -0.230. The van der Waals surface area contributed by atoms with Gasteiger partial charge in [0, 0.05) is 23.7 Å². The summed E-state index contributed by atoms with van der Waals surface area (Å²) in [5, 5.41) is 10.4. The fraction of sp³-hybridized carbons (Fsp3) is 0.269. The lowest BCUT2D eigenvalue weighted by Gasteiger charge is -2.25. The third kappa shape index (κ3) is 5.03. The Labute approximate surface area is 203 Å². The van der Waals surface area contributed by atoms with E-state index in [1.807, 2.05) is 60.0 Å². The van der Waals surface area contributed by atoms with Gasteiger partial charge in [0.15, 0.2) is 5.13 Å². The summed E-state index contributed by atoms with van der Waals surface area (Å²) in [4.78, 5) is 20.4. The molecule has 3 heterocycles. The second-order valence-electron chi connectivity index (χ2n) is 8.33. The largest absolute Gasteiger partial charge is 0.497 e. The number of aromatic nitrogens is 3. The maximum absolute atomic E-state index is 13.3. The molecule has 0 saturated carbocycles. The molecule has 0 spiro atoms. The number of rotatable bonds is 7. The number of thiazole rings is 1. The Morgan fingerprint density at radius 2 is 1.82 bits per heavy atom. The lowest BCUT2D eigenvalue weighted by molar-refractivity contribution is 0.102.